The molecular formula is C16H22N2O3. The van der Waals surface area contributed by atoms with Crippen LogP contribution in [0.5, 0.6) is 5.75 Å². The number of rotatable bonds is 4. The van der Waals surface area contributed by atoms with E-state index in [-0.39, 0.29) is 18.4 Å². The van der Waals surface area contributed by atoms with Gasteiger partial charge in [0.15, 0.2) is 0 Å². The molecule has 0 aromatic heterocycles. The highest BCUT2D eigenvalue weighted by molar-refractivity contribution is 5.96. The van der Waals surface area contributed by atoms with E-state index in [1.54, 1.807) is 31.4 Å². The summed E-state index contributed by atoms with van der Waals surface area (Å²) in [5.41, 5.74) is 0.524. The molecule has 1 atom stereocenters. The summed E-state index contributed by atoms with van der Waals surface area (Å²) < 4.78 is 5.04. The van der Waals surface area contributed by atoms with Crippen LogP contribution in [-0.2, 0) is 4.79 Å². The summed E-state index contributed by atoms with van der Waals surface area (Å²) in [5, 5.41) is 2.68. The quantitative estimate of drug-likeness (QED) is 0.918. The molecule has 2 amide bonds. The Balaban J connectivity index is 1.83. The van der Waals surface area contributed by atoms with E-state index in [0.29, 0.717) is 17.2 Å². The summed E-state index contributed by atoms with van der Waals surface area (Å²) in [5.74, 6) is 0.990. The summed E-state index contributed by atoms with van der Waals surface area (Å²) in [6, 6.07) is 6.81. The zero-order valence-electron chi connectivity index (χ0n) is 12.6. The van der Waals surface area contributed by atoms with E-state index in [0.717, 1.165) is 19.5 Å². The summed E-state index contributed by atoms with van der Waals surface area (Å²) >= 11 is 0. The number of ether oxygens (including phenoxy) is 1. The molecule has 1 aromatic rings. The first-order valence-corrected chi connectivity index (χ1v) is 7.30. The van der Waals surface area contributed by atoms with Crippen LogP contribution >= 0.6 is 0 Å². The van der Waals surface area contributed by atoms with Gasteiger partial charge in [-0.1, -0.05) is 6.92 Å². The first-order chi connectivity index (χ1) is 10.1. The molecule has 0 bridgehead atoms. The summed E-state index contributed by atoms with van der Waals surface area (Å²) in [7, 11) is 1.58. The van der Waals surface area contributed by atoms with Crippen LogP contribution in [0.25, 0.3) is 0 Å². The van der Waals surface area contributed by atoms with Gasteiger partial charge in [0.1, 0.15) is 5.75 Å². The molecule has 0 saturated carbocycles. The van der Waals surface area contributed by atoms with Crippen LogP contribution in [0.2, 0.25) is 0 Å². The number of nitrogens with one attached hydrogen (secondary N) is 1. The minimum absolute atomic E-state index is 0.0107. The Morgan fingerprint density at radius 2 is 2.05 bits per heavy atom. The zero-order chi connectivity index (χ0) is 15.2. The molecule has 1 heterocycles. The third-order valence-corrected chi connectivity index (χ3v) is 3.76. The molecular weight excluding hydrogens is 268 g/mol. The molecule has 5 nitrogen and oxygen atoms in total. The van der Waals surface area contributed by atoms with Gasteiger partial charge in [0.2, 0.25) is 5.91 Å². The molecule has 0 radical (unpaired) electrons. The van der Waals surface area contributed by atoms with E-state index in [2.05, 4.69) is 12.2 Å². The van der Waals surface area contributed by atoms with Crippen LogP contribution in [0.15, 0.2) is 24.3 Å². The van der Waals surface area contributed by atoms with Crippen molar-refractivity contribution in [2.45, 2.75) is 19.8 Å². The van der Waals surface area contributed by atoms with Gasteiger partial charge in [-0.05, 0) is 43.0 Å². The van der Waals surface area contributed by atoms with E-state index in [9.17, 15) is 9.59 Å². The summed E-state index contributed by atoms with van der Waals surface area (Å²) in [4.78, 5) is 25.9. The Hall–Kier alpha value is -2.04. The first kappa shape index (κ1) is 15.4. The fourth-order valence-corrected chi connectivity index (χ4v) is 2.53. The van der Waals surface area contributed by atoms with Crippen LogP contribution < -0.4 is 10.1 Å². The largest absolute Gasteiger partial charge is 0.497 e. The number of piperidine rings is 1. The van der Waals surface area contributed by atoms with Gasteiger partial charge in [-0.15, -0.1) is 0 Å². The SMILES string of the molecule is COc1ccc(C(=O)NCC(=O)N2CCCC(C)C2)cc1. The maximum Gasteiger partial charge on any atom is 0.251 e. The van der Waals surface area contributed by atoms with Crippen molar-refractivity contribution >= 4 is 11.8 Å². The van der Waals surface area contributed by atoms with Crippen molar-refractivity contribution in [3.63, 3.8) is 0 Å². The summed E-state index contributed by atoms with van der Waals surface area (Å²) in [6.07, 6.45) is 2.21. The van der Waals surface area contributed by atoms with Crippen LogP contribution in [0.4, 0.5) is 0 Å². The Kier molecular flexibility index (Phi) is 5.20. The van der Waals surface area contributed by atoms with Crippen molar-refractivity contribution < 1.29 is 14.3 Å². The van der Waals surface area contributed by atoms with E-state index in [1.807, 2.05) is 4.90 Å². The molecule has 0 aliphatic carbocycles. The molecule has 114 valence electrons. The third-order valence-electron chi connectivity index (χ3n) is 3.76. The van der Waals surface area contributed by atoms with Crippen molar-refractivity contribution in [3.8, 4) is 5.75 Å². The fourth-order valence-electron chi connectivity index (χ4n) is 2.53. The third kappa shape index (κ3) is 4.21. The van der Waals surface area contributed by atoms with E-state index < -0.39 is 0 Å². The van der Waals surface area contributed by atoms with E-state index >= 15 is 0 Å². The number of likely N-dealkylation sites (tertiary alicyclic amines) is 1. The van der Waals surface area contributed by atoms with Gasteiger partial charge in [0, 0.05) is 18.7 Å². The van der Waals surface area contributed by atoms with Gasteiger partial charge < -0.3 is 15.0 Å². The number of methoxy groups -OCH3 is 1. The highest BCUT2D eigenvalue weighted by Gasteiger charge is 2.21. The molecule has 1 unspecified atom stereocenters. The molecule has 5 heteroatoms. The van der Waals surface area contributed by atoms with Crippen molar-refractivity contribution in [1.29, 1.82) is 0 Å². The predicted molar refractivity (Wildman–Crippen MR) is 80.3 cm³/mol. The van der Waals surface area contributed by atoms with Gasteiger partial charge in [0.25, 0.3) is 5.91 Å². The molecule has 1 saturated heterocycles. The first-order valence-electron chi connectivity index (χ1n) is 7.30. The Morgan fingerprint density at radius 1 is 1.33 bits per heavy atom. The molecule has 1 aliphatic rings. The standard InChI is InChI=1S/C16H22N2O3/c1-12-4-3-9-18(11-12)15(19)10-17-16(20)13-5-7-14(21-2)8-6-13/h5-8,12H,3-4,9-11H2,1-2H3,(H,17,20). The second-order valence-electron chi connectivity index (χ2n) is 5.50. The number of carbonyl (C=O) groups excluding carboxylic acids is 2. The lowest BCUT2D eigenvalue weighted by atomic mass is 10.0. The van der Waals surface area contributed by atoms with E-state index in [1.165, 1.54) is 6.42 Å². The van der Waals surface area contributed by atoms with Crippen LogP contribution in [0, 0.1) is 5.92 Å². The monoisotopic (exact) mass is 290 g/mol. The van der Waals surface area contributed by atoms with Crippen molar-refractivity contribution in [2.75, 3.05) is 26.7 Å². The Bertz CT molecular complexity index is 499. The second kappa shape index (κ2) is 7.11. The van der Waals surface area contributed by atoms with Gasteiger partial charge in [-0.25, -0.2) is 0 Å². The minimum atomic E-state index is -0.240. The summed E-state index contributed by atoms with van der Waals surface area (Å²) in [6.45, 7) is 3.78. The number of hydrogen-bond acceptors (Lipinski definition) is 3. The van der Waals surface area contributed by atoms with Crippen LogP contribution in [0.1, 0.15) is 30.1 Å². The van der Waals surface area contributed by atoms with Crippen LogP contribution in [0.3, 0.4) is 0 Å². The maximum atomic E-state index is 12.1. The lowest BCUT2D eigenvalue weighted by Crippen LogP contribution is -2.44. The van der Waals surface area contributed by atoms with Crippen molar-refractivity contribution in [2.24, 2.45) is 5.92 Å². The lowest BCUT2D eigenvalue weighted by molar-refractivity contribution is -0.131. The molecule has 1 fully saturated rings. The second-order valence-corrected chi connectivity index (χ2v) is 5.50. The smallest absolute Gasteiger partial charge is 0.251 e. The molecule has 1 aromatic carbocycles. The zero-order valence-corrected chi connectivity index (χ0v) is 12.6. The highest BCUT2D eigenvalue weighted by Crippen LogP contribution is 2.15. The van der Waals surface area contributed by atoms with Gasteiger partial charge in [-0.2, -0.15) is 0 Å². The average molecular weight is 290 g/mol. The van der Waals surface area contributed by atoms with Gasteiger partial charge >= 0.3 is 0 Å². The number of amides is 2. The number of benzene rings is 1. The van der Waals surface area contributed by atoms with Crippen molar-refractivity contribution in [3.05, 3.63) is 29.8 Å². The molecule has 2 rings (SSSR count). The minimum Gasteiger partial charge on any atom is -0.497 e. The lowest BCUT2D eigenvalue weighted by Gasteiger charge is -2.31. The van der Waals surface area contributed by atoms with Gasteiger partial charge in [0.05, 0.1) is 13.7 Å². The number of hydrogen-bond donors (Lipinski definition) is 1. The Labute approximate surface area is 125 Å². The maximum absolute atomic E-state index is 12.1. The van der Waals surface area contributed by atoms with E-state index in [4.69, 9.17) is 4.74 Å². The fraction of sp³-hybridized carbons (Fsp3) is 0.500. The predicted octanol–water partition coefficient (Wildman–Crippen LogP) is 1.68. The number of carbonyl (C=O) groups is 2. The van der Waals surface area contributed by atoms with Crippen molar-refractivity contribution in [1.82, 2.24) is 10.2 Å². The molecule has 0 spiro atoms. The Morgan fingerprint density at radius 3 is 2.67 bits per heavy atom. The molecule has 21 heavy (non-hydrogen) atoms. The average Bonchev–Trinajstić information content (AvgIpc) is 2.52. The van der Waals surface area contributed by atoms with Gasteiger partial charge in [-0.3, -0.25) is 9.59 Å². The molecule has 1 aliphatic heterocycles. The normalized spacial score (nSPS) is 18.2. The van der Waals surface area contributed by atoms with Crippen LogP contribution in [-0.4, -0.2) is 43.5 Å². The molecule has 1 N–H and O–H groups in total. The number of nitrogens with zero attached hydrogens (tertiary/aromatic N) is 1. The topological polar surface area (TPSA) is 58.6 Å². The highest BCUT2D eigenvalue weighted by atomic mass is 16.5.